The minimum atomic E-state index is -0.867. The summed E-state index contributed by atoms with van der Waals surface area (Å²) in [5.74, 6) is -0.0749. The predicted molar refractivity (Wildman–Crippen MR) is 71.9 cm³/mol. The number of carbonyl (C=O) groups is 1. The first-order valence-corrected chi connectivity index (χ1v) is 6.78. The molecule has 1 aromatic rings. The molecule has 0 unspecified atom stereocenters. The lowest BCUT2D eigenvalue weighted by molar-refractivity contribution is -0.133. The quantitative estimate of drug-likeness (QED) is 0.849. The number of likely N-dealkylation sites (tertiary alicyclic amines) is 1. The van der Waals surface area contributed by atoms with E-state index in [2.05, 4.69) is 0 Å². The number of hydrogen-bond acceptors (Lipinski definition) is 2. The van der Waals surface area contributed by atoms with Gasteiger partial charge < -0.3 is 10.0 Å². The van der Waals surface area contributed by atoms with Crippen molar-refractivity contribution in [3.05, 3.63) is 34.9 Å². The summed E-state index contributed by atoms with van der Waals surface area (Å²) in [6, 6.07) is 7.21. The number of benzene rings is 1. The number of alkyl halides is 1. The molecule has 2 rings (SSSR count). The molecule has 1 heterocycles. The Morgan fingerprint density at radius 2 is 1.83 bits per heavy atom. The number of halogens is 2. The zero-order chi connectivity index (χ0) is 13.2. The maximum atomic E-state index is 11.5. The number of aliphatic hydroxyl groups is 1. The van der Waals surface area contributed by atoms with Gasteiger partial charge in [-0.15, -0.1) is 11.6 Å². The van der Waals surface area contributed by atoms with E-state index >= 15 is 0 Å². The molecule has 1 N–H and O–H groups in total. The second-order valence-corrected chi connectivity index (χ2v) is 5.26. The van der Waals surface area contributed by atoms with Crippen molar-refractivity contribution in [3.63, 3.8) is 0 Å². The van der Waals surface area contributed by atoms with Crippen molar-refractivity contribution in [1.82, 2.24) is 4.90 Å². The van der Waals surface area contributed by atoms with E-state index in [1.165, 1.54) is 0 Å². The monoisotopic (exact) mass is 287 g/mol. The molecule has 3 nitrogen and oxygen atoms in total. The van der Waals surface area contributed by atoms with Crippen molar-refractivity contribution >= 4 is 29.1 Å². The van der Waals surface area contributed by atoms with Crippen molar-refractivity contribution < 1.29 is 9.90 Å². The highest BCUT2D eigenvalue weighted by Crippen LogP contribution is 2.33. The van der Waals surface area contributed by atoms with Gasteiger partial charge in [-0.2, -0.15) is 0 Å². The van der Waals surface area contributed by atoms with Gasteiger partial charge in [0.25, 0.3) is 0 Å². The molecule has 18 heavy (non-hydrogen) atoms. The number of nitrogens with zero attached hydrogens (tertiary/aromatic N) is 1. The first-order chi connectivity index (χ1) is 8.55. The molecule has 0 spiro atoms. The Morgan fingerprint density at radius 1 is 1.28 bits per heavy atom. The van der Waals surface area contributed by atoms with Crippen LogP contribution in [0.2, 0.25) is 5.02 Å². The zero-order valence-corrected chi connectivity index (χ0v) is 11.4. The standard InChI is InChI=1S/C13H15Cl2NO2/c14-9-12(17)16-7-5-13(18,6-8-16)10-1-3-11(15)4-2-10/h1-4,18H,5-9H2. The van der Waals surface area contributed by atoms with Gasteiger partial charge in [-0.05, 0) is 30.5 Å². The molecule has 5 heteroatoms. The van der Waals surface area contributed by atoms with Crippen LogP contribution < -0.4 is 0 Å². The Kier molecular flexibility index (Phi) is 4.15. The van der Waals surface area contributed by atoms with Crippen LogP contribution in [0.3, 0.4) is 0 Å². The van der Waals surface area contributed by atoms with Crippen LogP contribution in [0, 0.1) is 0 Å². The van der Waals surface area contributed by atoms with E-state index in [9.17, 15) is 9.90 Å². The Hall–Kier alpha value is -0.770. The first-order valence-electron chi connectivity index (χ1n) is 5.87. The first kappa shape index (κ1) is 13.7. The topological polar surface area (TPSA) is 40.5 Å². The second-order valence-electron chi connectivity index (χ2n) is 4.55. The van der Waals surface area contributed by atoms with E-state index in [4.69, 9.17) is 23.2 Å². The Labute approximate surface area is 116 Å². The summed E-state index contributed by atoms with van der Waals surface area (Å²) in [5, 5.41) is 11.2. The molecule has 0 aliphatic carbocycles. The summed E-state index contributed by atoms with van der Waals surface area (Å²) in [5.41, 5.74) is -0.0156. The zero-order valence-electron chi connectivity index (χ0n) is 9.90. The van der Waals surface area contributed by atoms with Gasteiger partial charge in [0, 0.05) is 18.1 Å². The van der Waals surface area contributed by atoms with Crippen LogP contribution in [0.15, 0.2) is 24.3 Å². The lowest BCUT2D eigenvalue weighted by Gasteiger charge is -2.38. The molecule has 0 radical (unpaired) electrons. The maximum Gasteiger partial charge on any atom is 0.237 e. The van der Waals surface area contributed by atoms with E-state index in [0.717, 1.165) is 5.56 Å². The molecule has 1 fully saturated rings. The lowest BCUT2D eigenvalue weighted by atomic mass is 9.84. The smallest absolute Gasteiger partial charge is 0.237 e. The molecule has 1 amide bonds. The average molecular weight is 288 g/mol. The van der Waals surface area contributed by atoms with Crippen LogP contribution in [0.4, 0.5) is 0 Å². The van der Waals surface area contributed by atoms with Crippen LogP contribution in [0.5, 0.6) is 0 Å². The van der Waals surface area contributed by atoms with Gasteiger partial charge in [0.05, 0.1) is 5.60 Å². The summed E-state index contributed by atoms with van der Waals surface area (Å²) in [7, 11) is 0. The van der Waals surface area contributed by atoms with Crippen LogP contribution in [-0.2, 0) is 10.4 Å². The molecule has 0 bridgehead atoms. The molecule has 1 aliphatic heterocycles. The van der Waals surface area contributed by atoms with E-state index in [-0.39, 0.29) is 11.8 Å². The summed E-state index contributed by atoms with van der Waals surface area (Å²) in [6.07, 6.45) is 1.05. The van der Waals surface area contributed by atoms with Crippen molar-refractivity contribution in [2.45, 2.75) is 18.4 Å². The minimum absolute atomic E-state index is 0.000622. The van der Waals surface area contributed by atoms with Gasteiger partial charge in [-0.1, -0.05) is 23.7 Å². The van der Waals surface area contributed by atoms with Gasteiger partial charge in [0.2, 0.25) is 5.91 Å². The highest BCUT2D eigenvalue weighted by Gasteiger charge is 2.35. The number of carbonyl (C=O) groups excluding carboxylic acids is 1. The van der Waals surface area contributed by atoms with E-state index < -0.39 is 5.60 Å². The number of amides is 1. The molecule has 0 atom stereocenters. The SMILES string of the molecule is O=C(CCl)N1CCC(O)(c2ccc(Cl)cc2)CC1. The molecule has 1 aliphatic rings. The van der Waals surface area contributed by atoms with E-state index in [0.29, 0.717) is 31.0 Å². The van der Waals surface area contributed by atoms with Gasteiger partial charge in [-0.3, -0.25) is 4.79 Å². The number of piperidine rings is 1. The highest BCUT2D eigenvalue weighted by molar-refractivity contribution is 6.30. The second kappa shape index (κ2) is 5.47. The van der Waals surface area contributed by atoms with Crippen LogP contribution in [-0.4, -0.2) is 34.9 Å². The Balaban J connectivity index is 2.07. The summed E-state index contributed by atoms with van der Waals surface area (Å²) < 4.78 is 0. The largest absolute Gasteiger partial charge is 0.385 e. The minimum Gasteiger partial charge on any atom is -0.385 e. The highest BCUT2D eigenvalue weighted by atomic mass is 35.5. The van der Waals surface area contributed by atoms with Gasteiger partial charge in [-0.25, -0.2) is 0 Å². The normalized spacial score (nSPS) is 18.7. The van der Waals surface area contributed by atoms with Gasteiger partial charge in [0.15, 0.2) is 0 Å². The molecule has 1 saturated heterocycles. The predicted octanol–water partition coefficient (Wildman–Crippen LogP) is 2.39. The number of hydrogen-bond donors (Lipinski definition) is 1. The third-order valence-corrected chi connectivity index (χ3v) is 3.92. The van der Waals surface area contributed by atoms with Crippen LogP contribution in [0.1, 0.15) is 18.4 Å². The van der Waals surface area contributed by atoms with Crippen molar-refractivity contribution in [2.24, 2.45) is 0 Å². The van der Waals surface area contributed by atoms with Gasteiger partial charge >= 0.3 is 0 Å². The molecule has 0 aromatic heterocycles. The molecular formula is C13H15Cl2NO2. The van der Waals surface area contributed by atoms with Gasteiger partial charge in [0.1, 0.15) is 5.88 Å². The molecule has 1 aromatic carbocycles. The number of rotatable bonds is 2. The maximum absolute atomic E-state index is 11.5. The van der Waals surface area contributed by atoms with Crippen molar-refractivity contribution in [2.75, 3.05) is 19.0 Å². The van der Waals surface area contributed by atoms with Crippen molar-refractivity contribution in [3.8, 4) is 0 Å². The van der Waals surface area contributed by atoms with Crippen LogP contribution in [0.25, 0.3) is 0 Å². The third kappa shape index (κ3) is 2.79. The fourth-order valence-corrected chi connectivity index (χ4v) is 2.55. The lowest BCUT2D eigenvalue weighted by Crippen LogP contribution is -2.45. The molecule has 0 saturated carbocycles. The Morgan fingerprint density at radius 3 is 2.33 bits per heavy atom. The summed E-state index contributed by atoms with van der Waals surface area (Å²) in [4.78, 5) is 13.1. The van der Waals surface area contributed by atoms with Crippen molar-refractivity contribution in [1.29, 1.82) is 0 Å². The summed E-state index contributed by atoms with van der Waals surface area (Å²) in [6.45, 7) is 1.06. The van der Waals surface area contributed by atoms with Crippen LogP contribution >= 0.6 is 23.2 Å². The fourth-order valence-electron chi connectivity index (χ4n) is 2.26. The molecule has 98 valence electrons. The Bertz CT molecular complexity index is 425. The summed E-state index contributed by atoms with van der Waals surface area (Å²) >= 11 is 11.4. The van der Waals surface area contributed by atoms with E-state index in [1.807, 2.05) is 12.1 Å². The third-order valence-electron chi connectivity index (χ3n) is 3.44. The van der Waals surface area contributed by atoms with E-state index in [1.54, 1.807) is 17.0 Å². The average Bonchev–Trinajstić information content (AvgIpc) is 2.39. The fraction of sp³-hybridized carbons (Fsp3) is 0.462. The molecular weight excluding hydrogens is 273 g/mol.